The molecule has 5 nitrogen and oxygen atoms in total. The summed E-state index contributed by atoms with van der Waals surface area (Å²) in [6, 6.07) is -0.811. The van der Waals surface area contributed by atoms with Crippen LogP contribution < -0.4 is 5.32 Å². The average molecular weight is 242 g/mol. The van der Waals surface area contributed by atoms with E-state index in [9.17, 15) is 22.8 Å². The number of aliphatic carboxylic acids is 1. The molecular weight excluding hydrogens is 229 g/mol. The quantitative estimate of drug-likeness (QED) is 0.757. The van der Waals surface area contributed by atoms with Gasteiger partial charge in [-0.3, -0.25) is 4.79 Å². The van der Waals surface area contributed by atoms with Crippen LogP contribution in [0.4, 0.5) is 18.0 Å². The zero-order chi connectivity index (χ0) is 12.8. The number of rotatable bonds is 5. The number of nitrogens with one attached hydrogen (secondary N) is 1. The number of nitrogens with zero attached hydrogens (tertiary/aromatic N) is 1. The van der Waals surface area contributed by atoms with Crippen molar-refractivity contribution in [2.24, 2.45) is 0 Å². The van der Waals surface area contributed by atoms with Crippen molar-refractivity contribution in [3.63, 3.8) is 0 Å². The second-order valence-electron chi connectivity index (χ2n) is 3.01. The first-order valence-electron chi connectivity index (χ1n) is 4.57. The molecule has 0 atom stereocenters. The minimum atomic E-state index is -4.34. The molecule has 0 aliphatic heterocycles. The summed E-state index contributed by atoms with van der Waals surface area (Å²) in [4.78, 5) is 22.4. The van der Waals surface area contributed by atoms with E-state index in [0.717, 1.165) is 4.90 Å². The molecule has 0 saturated carbocycles. The molecule has 0 unspecified atom stereocenters. The number of carbonyl (C=O) groups excluding carboxylic acids is 1. The fraction of sp³-hybridized carbons (Fsp3) is 0.750. The number of alkyl halides is 3. The van der Waals surface area contributed by atoms with Crippen molar-refractivity contribution in [2.45, 2.75) is 19.5 Å². The van der Waals surface area contributed by atoms with Crippen molar-refractivity contribution < 1.29 is 27.9 Å². The van der Waals surface area contributed by atoms with E-state index in [2.05, 4.69) is 0 Å². The topological polar surface area (TPSA) is 69.6 Å². The van der Waals surface area contributed by atoms with Crippen molar-refractivity contribution in [3.8, 4) is 0 Å². The average Bonchev–Trinajstić information content (AvgIpc) is 2.11. The number of carboxylic acids is 1. The molecule has 0 aliphatic rings. The molecule has 8 heteroatoms. The number of carboxylic acid groups (broad SMARTS) is 1. The molecule has 2 amide bonds. The third-order valence-electron chi connectivity index (χ3n) is 1.68. The SMILES string of the molecule is CCN(CC(=O)O)C(=O)NCCC(F)(F)F. The maximum absolute atomic E-state index is 11.7. The molecule has 16 heavy (non-hydrogen) atoms. The highest BCUT2D eigenvalue weighted by molar-refractivity contribution is 5.79. The first-order chi connectivity index (χ1) is 7.26. The molecular formula is C8H13F3N2O3. The highest BCUT2D eigenvalue weighted by Crippen LogP contribution is 2.18. The van der Waals surface area contributed by atoms with Gasteiger partial charge in [0.1, 0.15) is 6.54 Å². The summed E-state index contributed by atoms with van der Waals surface area (Å²) >= 11 is 0. The highest BCUT2D eigenvalue weighted by Gasteiger charge is 2.27. The summed E-state index contributed by atoms with van der Waals surface area (Å²) in [6.07, 6.45) is -5.47. The van der Waals surface area contributed by atoms with Gasteiger partial charge in [-0.2, -0.15) is 13.2 Å². The lowest BCUT2D eigenvalue weighted by Gasteiger charge is -2.19. The van der Waals surface area contributed by atoms with Gasteiger partial charge in [0.25, 0.3) is 0 Å². The number of urea groups is 1. The Labute approximate surface area is 90.2 Å². The summed E-state index contributed by atoms with van der Waals surface area (Å²) in [5, 5.41) is 10.4. The Bertz CT molecular complexity index is 255. The van der Waals surface area contributed by atoms with Crippen molar-refractivity contribution in [3.05, 3.63) is 0 Å². The number of amides is 2. The van der Waals surface area contributed by atoms with Gasteiger partial charge in [0.15, 0.2) is 0 Å². The van der Waals surface area contributed by atoms with Gasteiger partial charge >= 0.3 is 18.2 Å². The lowest BCUT2D eigenvalue weighted by Crippen LogP contribution is -2.43. The molecule has 0 aromatic carbocycles. The fourth-order valence-corrected chi connectivity index (χ4v) is 0.913. The van der Waals surface area contributed by atoms with Gasteiger partial charge in [-0.15, -0.1) is 0 Å². The van der Waals surface area contributed by atoms with E-state index in [4.69, 9.17) is 5.11 Å². The minimum absolute atomic E-state index is 0.115. The lowest BCUT2D eigenvalue weighted by molar-refractivity contribution is -0.138. The largest absolute Gasteiger partial charge is 0.480 e. The Morgan fingerprint density at radius 1 is 1.38 bits per heavy atom. The first-order valence-corrected chi connectivity index (χ1v) is 4.57. The number of carbonyl (C=O) groups is 2. The molecule has 0 rings (SSSR count). The highest BCUT2D eigenvalue weighted by atomic mass is 19.4. The molecule has 0 bridgehead atoms. The molecule has 2 N–H and O–H groups in total. The second-order valence-corrected chi connectivity index (χ2v) is 3.01. The van der Waals surface area contributed by atoms with Gasteiger partial charge in [0.2, 0.25) is 0 Å². The third kappa shape index (κ3) is 6.91. The molecule has 0 aliphatic carbocycles. The van der Waals surface area contributed by atoms with E-state index < -0.39 is 37.7 Å². The van der Waals surface area contributed by atoms with Crippen molar-refractivity contribution in [1.82, 2.24) is 10.2 Å². The summed E-state index contributed by atoms with van der Waals surface area (Å²) < 4.78 is 35.2. The molecule has 0 fully saturated rings. The minimum Gasteiger partial charge on any atom is -0.480 e. The maximum Gasteiger partial charge on any atom is 0.390 e. The van der Waals surface area contributed by atoms with Crippen LogP contribution >= 0.6 is 0 Å². The van der Waals surface area contributed by atoms with Gasteiger partial charge < -0.3 is 15.3 Å². The molecule has 94 valence electrons. The number of halogens is 3. The van der Waals surface area contributed by atoms with E-state index in [1.165, 1.54) is 6.92 Å². The summed E-state index contributed by atoms with van der Waals surface area (Å²) in [5.74, 6) is -1.21. The van der Waals surface area contributed by atoms with Gasteiger partial charge in [-0.25, -0.2) is 4.79 Å². The van der Waals surface area contributed by atoms with Crippen LogP contribution in [0.2, 0.25) is 0 Å². The monoisotopic (exact) mass is 242 g/mol. The summed E-state index contributed by atoms with van der Waals surface area (Å²) in [5.41, 5.74) is 0. The van der Waals surface area contributed by atoms with Gasteiger partial charge in [0.05, 0.1) is 6.42 Å². The van der Waals surface area contributed by atoms with Crippen molar-refractivity contribution >= 4 is 12.0 Å². The molecule has 0 aromatic rings. The van der Waals surface area contributed by atoms with Gasteiger partial charge in [0, 0.05) is 13.1 Å². The van der Waals surface area contributed by atoms with E-state index in [1.54, 1.807) is 0 Å². The summed E-state index contributed by atoms with van der Waals surface area (Å²) in [7, 11) is 0. The Balaban J connectivity index is 3.98. The first kappa shape index (κ1) is 14.5. The third-order valence-corrected chi connectivity index (χ3v) is 1.68. The van der Waals surface area contributed by atoms with Crippen LogP contribution in [0.3, 0.4) is 0 Å². The van der Waals surface area contributed by atoms with Gasteiger partial charge in [-0.1, -0.05) is 0 Å². The van der Waals surface area contributed by atoms with Crippen LogP contribution in [-0.2, 0) is 4.79 Å². The molecule has 0 heterocycles. The Hall–Kier alpha value is -1.47. The van der Waals surface area contributed by atoms with Crippen LogP contribution in [0, 0.1) is 0 Å². The predicted octanol–water partition coefficient (Wildman–Crippen LogP) is 1.05. The second kappa shape index (κ2) is 6.19. The number of hydrogen-bond donors (Lipinski definition) is 2. The Morgan fingerprint density at radius 2 is 1.94 bits per heavy atom. The summed E-state index contributed by atoms with van der Waals surface area (Å²) in [6.45, 7) is 0.559. The van der Waals surface area contributed by atoms with Crippen molar-refractivity contribution in [1.29, 1.82) is 0 Å². The molecule has 0 radical (unpaired) electrons. The van der Waals surface area contributed by atoms with Crippen LogP contribution in [0.25, 0.3) is 0 Å². The molecule has 0 aromatic heterocycles. The number of hydrogen-bond acceptors (Lipinski definition) is 2. The van der Waals surface area contributed by atoms with Crippen molar-refractivity contribution in [2.75, 3.05) is 19.6 Å². The van der Waals surface area contributed by atoms with E-state index in [-0.39, 0.29) is 6.54 Å². The van der Waals surface area contributed by atoms with Crippen LogP contribution in [0.1, 0.15) is 13.3 Å². The zero-order valence-electron chi connectivity index (χ0n) is 8.67. The lowest BCUT2D eigenvalue weighted by atomic mass is 10.4. The molecule has 0 spiro atoms. The van der Waals surface area contributed by atoms with Crippen LogP contribution in [0.15, 0.2) is 0 Å². The van der Waals surface area contributed by atoms with Crippen LogP contribution in [0.5, 0.6) is 0 Å². The number of likely N-dealkylation sites (N-methyl/N-ethyl adjacent to an activating group) is 1. The fourth-order valence-electron chi connectivity index (χ4n) is 0.913. The Morgan fingerprint density at radius 3 is 2.31 bits per heavy atom. The van der Waals surface area contributed by atoms with Crippen LogP contribution in [-0.4, -0.2) is 47.8 Å². The maximum atomic E-state index is 11.7. The van der Waals surface area contributed by atoms with Gasteiger partial charge in [-0.05, 0) is 6.92 Å². The molecule has 0 saturated heterocycles. The zero-order valence-corrected chi connectivity index (χ0v) is 8.67. The Kier molecular flexibility index (Phi) is 5.62. The van der Waals surface area contributed by atoms with E-state index in [0.29, 0.717) is 0 Å². The van der Waals surface area contributed by atoms with E-state index in [1.807, 2.05) is 5.32 Å². The standard InChI is InChI=1S/C8H13F3N2O3/c1-2-13(5-6(14)15)7(16)12-4-3-8(9,10)11/h2-5H2,1H3,(H,12,16)(H,14,15). The normalized spacial score (nSPS) is 11.0. The predicted molar refractivity (Wildman–Crippen MR) is 49.0 cm³/mol. The van der Waals surface area contributed by atoms with E-state index >= 15 is 0 Å². The smallest absolute Gasteiger partial charge is 0.390 e.